The van der Waals surface area contributed by atoms with Crippen LogP contribution in [-0.4, -0.2) is 41.0 Å². The molecule has 0 aromatic carbocycles. The standard InChI is InChI=1S/C12H18N2O4/c1-8(2)9-5-6-14(7-9)12(18)13-10(15)3-4-11(16)17/h3-4,8-9H,5-7H2,1-2H3,(H,16,17)(H,13,15,18)/b4-3+. The van der Waals surface area contributed by atoms with Gasteiger partial charge in [0.15, 0.2) is 0 Å². The second kappa shape index (κ2) is 6.18. The van der Waals surface area contributed by atoms with E-state index in [0.717, 1.165) is 12.5 Å². The summed E-state index contributed by atoms with van der Waals surface area (Å²) in [5, 5.41) is 10.5. The van der Waals surface area contributed by atoms with E-state index in [9.17, 15) is 14.4 Å². The molecule has 0 saturated carbocycles. The van der Waals surface area contributed by atoms with Crippen molar-refractivity contribution >= 4 is 17.9 Å². The number of nitrogens with zero attached hydrogens (tertiary/aromatic N) is 1. The van der Waals surface area contributed by atoms with Crippen LogP contribution in [0, 0.1) is 11.8 Å². The number of imide groups is 1. The van der Waals surface area contributed by atoms with Gasteiger partial charge in [0.1, 0.15) is 0 Å². The monoisotopic (exact) mass is 254 g/mol. The highest BCUT2D eigenvalue weighted by Crippen LogP contribution is 2.23. The first-order chi connectivity index (χ1) is 8.40. The summed E-state index contributed by atoms with van der Waals surface area (Å²) in [4.78, 5) is 34.7. The van der Waals surface area contributed by atoms with Gasteiger partial charge in [-0.2, -0.15) is 0 Å². The van der Waals surface area contributed by atoms with Crippen LogP contribution in [0.4, 0.5) is 4.79 Å². The molecule has 0 aromatic heterocycles. The Bertz CT molecular complexity index is 376. The van der Waals surface area contributed by atoms with E-state index < -0.39 is 17.9 Å². The molecule has 1 aliphatic rings. The fourth-order valence-electron chi connectivity index (χ4n) is 1.89. The molecule has 1 saturated heterocycles. The topological polar surface area (TPSA) is 86.7 Å². The predicted molar refractivity (Wildman–Crippen MR) is 64.8 cm³/mol. The van der Waals surface area contributed by atoms with E-state index in [1.165, 1.54) is 0 Å². The number of aliphatic carboxylic acids is 1. The van der Waals surface area contributed by atoms with Crippen LogP contribution in [0.1, 0.15) is 20.3 Å². The maximum atomic E-state index is 11.7. The van der Waals surface area contributed by atoms with Crippen molar-refractivity contribution in [3.8, 4) is 0 Å². The van der Waals surface area contributed by atoms with Gasteiger partial charge in [-0.15, -0.1) is 0 Å². The molecule has 6 heteroatoms. The molecule has 2 N–H and O–H groups in total. The highest BCUT2D eigenvalue weighted by atomic mass is 16.4. The van der Waals surface area contributed by atoms with E-state index >= 15 is 0 Å². The van der Waals surface area contributed by atoms with Crippen LogP contribution >= 0.6 is 0 Å². The van der Waals surface area contributed by atoms with Gasteiger partial charge in [-0.1, -0.05) is 13.8 Å². The molecule has 0 spiro atoms. The summed E-state index contributed by atoms with van der Waals surface area (Å²) >= 11 is 0. The maximum absolute atomic E-state index is 11.7. The van der Waals surface area contributed by atoms with Crippen molar-refractivity contribution < 1.29 is 19.5 Å². The normalized spacial score (nSPS) is 19.5. The average molecular weight is 254 g/mol. The Hall–Kier alpha value is -1.85. The lowest BCUT2D eigenvalue weighted by Gasteiger charge is -2.17. The SMILES string of the molecule is CC(C)C1CCN(C(=O)NC(=O)/C=C/C(=O)O)C1. The number of urea groups is 1. The predicted octanol–water partition coefficient (Wildman–Crippen LogP) is 0.841. The van der Waals surface area contributed by atoms with Crippen molar-refractivity contribution in [2.75, 3.05) is 13.1 Å². The minimum Gasteiger partial charge on any atom is -0.478 e. The van der Waals surface area contributed by atoms with Crippen molar-refractivity contribution in [1.29, 1.82) is 0 Å². The number of carbonyl (C=O) groups excluding carboxylic acids is 2. The number of hydrogen-bond acceptors (Lipinski definition) is 3. The second-order valence-corrected chi connectivity index (χ2v) is 4.70. The van der Waals surface area contributed by atoms with Gasteiger partial charge in [0, 0.05) is 25.2 Å². The zero-order chi connectivity index (χ0) is 13.7. The molecule has 0 aliphatic carbocycles. The zero-order valence-corrected chi connectivity index (χ0v) is 10.5. The van der Waals surface area contributed by atoms with Crippen LogP contribution in [0.15, 0.2) is 12.2 Å². The van der Waals surface area contributed by atoms with Crippen LogP contribution < -0.4 is 5.32 Å². The van der Waals surface area contributed by atoms with Gasteiger partial charge in [-0.3, -0.25) is 10.1 Å². The minimum atomic E-state index is -1.22. The second-order valence-electron chi connectivity index (χ2n) is 4.70. The summed E-state index contributed by atoms with van der Waals surface area (Å²) in [6.07, 6.45) is 2.46. The molecule has 3 amide bonds. The molecule has 1 atom stereocenters. The Morgan fingerprint density at radius 3 is 2.50 bits per heavy atom. The number of rotatable bonds is 3. The van der Waals surface area contributed by atoms with Crippen LogP contribution in [0.25, 0.3) is 0 Å². The third-order valence-corrected chi connectivity index (χ3v) is 3.06. The summed E-state index contributed by atoms with van der Waals surface area (Å²) in [7, 11) is 0. The minimum absolute atomic E-state index is 0.459. The first-order valence-electron chi connectivity index (χ1n) is 5.91. The Labute approximate surface area is 106 Å². The lowest BCUT2D eigenvalue weighted by atomic mass is 9.95. The highest BCUT2D eigenvalue weighted by Gasteiger charge is 2.28. The summed E-state index contributed by atoms with van der Waals surface area (Å²) in [6.45, 7) is 5.48. The Balaban J connectivity index is 2.43. The number of carbonyl (C=O) groups is 3. The summed E-state index contributed by atoms with van der Waals surface area (Å²) < 4.78 is 0. The molecule has 1 unspecified atom stereocenters. The van der Waals surface area contributed by atoms with E-state index in [0.29, 0.717) is 31.0 Å². The Morgan fingerprint density at radius 2 is 2.00 bits per heavy atom. The van der Waals surface area contributed by atoms with Crippen molar-refractivity contribution in [2.24, 2.45) is 11.8 Å². The smallest absolute Gasteiger partial charge is 0.328 e. The number of likely N-dealkylation sites (tertiary alicyclic amines) is 1. The zero-order valence-electron chi connectivity index (χ0n) is 10.5. The van der Waals surface area contributed by atoms with Crippen molar-refractivity contribution in [3.05, 3.63) is 12.2 Å². The number of carboxylic acids is 1. The summed E-state index contributed by atoms with van der Waals surface area (Å²) in [5.41, 5.74) is 0. The lowest BCUT2D eigenvalue weighted by molar-refractivity contribution is -0.131. The summed E-state index contributed by atoms with van der Waals surface area (Å²) in [5.74, 6) is -0.972. The number of carboxylic acid groups (broad SMARTS) is 1. The van der Waals surface area contributed by atoms with Crippen LogP contribution in [0.3, 0.4) is 0 Å². The quantitative estimate of drug-likeness (QED) is 0.731. The third kappa shape index (κ3) is 4.20. The number of amides is 3. The van der Waals surface area contributed by atoms with Gasteiger partial charge >= 0.3 is 12.0 Å². The third-order valence-electron chi connectivity index (χ3n) is 3.06. The van der Waals surface area contributed by atoms with Gasteiger partial charge < -0.3 is 10.0 Å². The van der Waals surface area contributed by atoms with E-state index in [1.807, 2.05) is 0 Å². The van der Waals surface area contributed by atoms with E-state index in [2.05, 4.69) is 19.2 Å². The molecular weight excluding hydrogens is 236 g/mol. The molecule has 100 valence electrons. The molecule has 18 heavy (non-hydrogen) atoms. The highest BCUT2D eigenvalue weighted by molar-refractivity contribution is 6.02. The number of hydrogen-bond donors (Lipinski definition) is 2. The van der Waals surface area contributed by atoms with Gasteiger partial charge in [0.05, 0.1) is 0 Å². The van der Waals surface area contributed by atoms with Gasteiger partial charge in [0.2, 0.25) is 0 Å². The van der Waals surface area contributed by atoms with Gasteiger partial charge in [-0.25, -0.2) is 9.59 Å². The average Bonchev–Trinajstić information content (AvgIpc) is 2.75. The molecule has 1 aliphatic heterocycles. The van der Waals surface area contributed by atoms with Crippen LogP contribution in [0.5, 0.6) is 0 Å². The van der Waals surface area contributed by atoms with Crippen molar-refractivity contribution in [2.45, 2.75) is 20.3 Å². The number of nitrogens with one attached hydrogen (secondary N) is 1. The molecule has 1 rings (SSSR count). The fourth-order valence-corrected chi connectivity index (χ4v) is 1.89. The maximum Gasteiger partial charge on any atom is 0.328 e. The fraction of sp³-hybridized carbons (Fsp3) is 0.583. The van der Waals surface area contributed by atoms with E-state index in [4.69, 9.17) is 5.11 Å². The van der Waals surface area contributed by atoms with Crippen molar-refractivity contribution in [1.82, 2.24) is 10.2 Å². The molecule has 6 nitrogen and oxygen atoms in total. The molecule has 0 radical (unpaired) electrons. The van der Waals surface area contributed by atoms with Gasteiger partial charge in [0.25, 0.3) is 5.91 Å². The van der Waals surface area contributed by atoms with Gasteiger partial charge in [-0.05, 0) is 18.3 Å². The molecular formula is C12H18N2O4. The van der Waals surface area contributed by atoms with E-state index in [-0.39, 0.29) is 0 Å². The Morgan fingerprint density at radius 1 is 1.33 bits per heavy atom. The van der Waals surface area contributed by atoms with Crippen LogP contribution in [0.2, 0.25) is 0 Å². The molecule has 0 aromatic rings. The molecule has 1 fully saturated rings. The Kier molecular flexibility index (Phi) is 4.88. The largest absolute Gasteiger partial charge is 0.478 e. The lowest BCUT2D eigenvalue weighted by Crippen LogP contribution is -2.41. The first kappa shape index (κ1) is 14.2. The van der Waals surface area contributed by atoms with E-state index in [1.54, 1.807) is 4.90 Å². The van der Waals surface area contributed by atoms with Crippen LogP contribution in [-0.2, 0) is 9.59 Å². The molecule has 1 heterocycles. The van der Waals surface area contributed by atoms with Crippen molar-refractivity contribution in [3.63, 3.8) is 0 Å². The summed E-state index contributed by atoms with van der Waals surface area (Å²) in [6, 6.07) is -0.460. The first-order valence-corrected chi connectivity index (χ1v) is 5.91. The molecule has 0 bridgehead atoms.